The number of ether oxygens (including phenoxy) is 1. The molecule has 0 saturated heterocycles. The molecule has 3 aromatic rings. The van der Waals surface area contributed by atoms with Crippen LogP contribution in [0.3, 0.4) is 0 Å². The number of imidazole rings is 1. The van der Waals surface area contributed by atoms with E-state index in [4.69, 9.17) is 9.72 Å². The topological polar surface area (TPSA) is 44.1 Å². The van der Waals surface area contributed by atoms with Gasteiger partial charge in [0.25, 0.3) is 0 Å². The molecule has 0 bridgehead atoms. The van der Waals surface area contributed by atoms with Gasteiger partial charge in [-0.3, -0.25) is 4.57 Å². The van der Waals surface area contributed by atoms with E-state index in [0.717, 1.165) is 28.5 Å². The minimum absolute atomic E-state index is 0.156. The summed E-state index contributed by atoms with van der Waals surface area (Å²) in [5.74, 6) is 0.470. The summed E-state index contributed by atoms with van der Waals surface area (Å²) in [7, 11) is 0. The van der Waals surface area contributed by atoms with Gasteiger partial charge in [0.15, 0.2) is 0 Å². The van der Waals surface area contributed by atoms with Crippen LogP contribution in [0.15, 0.2) is 72.8 Å². The number of aryl methyl sites for hydroxylation is 1. The van der Waals surface area contributed by atoms with E-state index in [0.29, 0.717) is 12.0 Å². The first-order valence-electron chi connectivity index (χ1n) is 8.55. The first-order valence-corrected chi connectivity index (χ1v) is 8.55. The van der Waals surface area contributed by atoms with Gasteiger partial charge in [0.2, 0.25) is 0 Å². The van der Waals surface area contributed by atoms with E-state index in [2.05, 4.69) is 18.7 Å². The highest BCUT2D eigenvalue weighted by Gasteiger charge is 2.18. The Hall–Kier alpha value is -3.14. The van der Waals surface area contributed by atoms with Crippen molar-refractivity contribution < 1.29 is 9.53 Å². The number of hydrogen-bond acceptors (Lipinski definition) is 3. The van der Waals surface area contributed by atoms with E-state index in [1.807, 2.05) is 60.0 Å². The zero-order chi connectivity index (χ0) is 18.5. The van der Waals surface area contributed by atoms with E-state index in [9.17, 15) is 4.79 Å². The van der Waals surface area contributed by atoms with Gasteiger partial charge >= 0.3 is 5.97 Å². The SMILES string of the molecule is C=C(C)C(=O)OCc1c(Cc2ccccc2)nc(C)n1-c1ccccc1. The number of carbonyl (C=O) groups is 1. The summed E-state index contributed by atoms with van der Waals surface area (Å²) in [4.78, 5) is 16.6. The van der Waals surface area contributed by atoms with E-state index in [1.54, 1.807) is 6.92 Å². The summed E-state index contributed by atoms with van der Waals surface area (Å²) in [6.45, 7) is 7.41. The van der Waals surface area contributed by atoms with E-state index in [1.165, 1.54) is 0 Å². The molecule has 0 fully saturated rings. The molecule has 0 aliphatic heterocycles. The van der Waals surface area contributed by atoms with Crippen molar-refractivity contribution in [2.75, 3.05) is 0 Å². The zero-order valence-corrected chi connectivity index (χ0v) is 15.1. The van der Waals surface area contributed by atoms with Gasteiger partial charge < -0.3 is 4.74 Å². The number of hydrogen-bond donors (Lipinski definition) is 0. The van der Waals surface area contributed by atoms with Crippen LogP contribution in [-0.4, -0.2) is 15.5 Å². The van der Waals surface area contributed by atoms with Crippen LogP contribution >= 0.6 is 0 Å². The van der Waals surface area contributed by atoms with Crippen LogP contribution in [0, 0.1) is 6.92 Å². The predicted molar refractivity (Wildman–Crippen MR) is 102 cm³/mol. The monoisotopic (exact) mass is 346 g/mol. The third-order valence-corrected chi connectivity index (χ3v) is 4.14. The first kappa shape index (κ1) is 17.7. The Kier molecular flexibility index (Phi) is 5.32. The van der Waals surface area contributed by atoms with Crippen LogP contribution < -0.4 is 0 Å². The molecule has 4 heteroatoms. The summed E-state index contributed by atoms with van der Waals surface area (Å²) in [6.07, 6.45) is 0.682. The molecule has 1 heterocycles. The maximum atomic E-state index is 11.9. The van der Waals surface area contributed by atoms with Crippen molar-refractivity contribution in [3.05, 3.63) is 95.6 Å². The lowest BCUT2D eigenvalue weighted by molar-refractivity contribution is -0.140. The van der Waals surface area contributed by atoms with Gasteiger partial charge in [-0.15, -0.1) is 0 Å². The number of esters is 1. The second-order valence-corrected chi connectivity index (χ2v) is 6.24. The number of benzene rings is 2. The van der Waals surface area contributed by atoms with Gasteiger partial charge in [-0.25, -0.2) is 9.78 Å². The molecule has 0 N–H and O–H groups in total. The van der Waals surface area contributed by atoms with Crippen molar-refractivity contribution in [3.8, 4) is 5.69 Å². The summed E-state index contributed by atoms with van der Waals surface area (Å²) in [6, 6.07) is 20.1. The standard InChI is InChI=1S/C22H22N2O2/c1-16(2)22(25)26-15-21-20(14-18-10-6-4-7-11-18)23-17(3)24(21)19-12-8-5-9-13-19/h4-13H,1,14-15H2,2-3H3. The molecule has 0 amide bonds. The lowest BCUT2D eigenvalue weighted by Crippen LogP contribution is -2.10. The van der Waals surface area contributed by atoms with Crippen molar-refractivity contribution in [2.24, 2.45) is 0 Å². The van der Waals surface area contributed by atoms with Crippen molar-refractivity contribution in [1.82, 2.24) is 9.55 Å². The molecule has 0 unspecified atom stereocenters. The summed E-state index contributed by atoms with van der Waals surface area (Å²) in [5.41, 5.74) is 4.34. The quantitative estimate of drug-likeness (QED) is 0.491. The van der Waals surface area contributed by atoms with Gasteiger partial charge in [0, 0.05) is 17.7 Å². The normalized spacial score (nSPS) is 10.5. The second-order valence-electron chi connectivity index (χ2n) is 6.24. The Morgan fingerprint density at radius 1 is 1.08 bits per heavy atom. The molecule has 2 aromatic carbocycles. The highest BCUT2D eigenvalue weighted by molar-refractivity contribution is 5.86. The van der Waals surface area contributed by atoms with Crippen molar-refractivity contribution >= 4 is 5.97 Å². The molecular weight excluding hydrogens is 324 g/mol. The highest BCUT2D eigenvalue weighted by atomic mass is 16.5. The van der Waals surface area contributed by atoms with Gasteiger partial charge in [0.1, 0.15) is 12.4 Å². The third kappa shape index (κ3) is 3.91. The van der Waals surface area contributed by atoms with Gasteiger partial charge in [0.05, 0.1) is 11.4 Å². The molecule has 0 spiro atoms. The molecule has 26 heavy (non-hydrogen) atoms. The van der Waals surface area contributed by atoms with Crippen LogP contribution in [0.2, 0.25) is 0 Å². The maximum Gasteiger partial charge on any atom is 0.333 e. The van der Waals surface area contributed by atoms with Gasteiger partial charge in [-0.1, -0.05) is 55.1 Å². The number of rotatable bonds is 6. The smallest absolute Gasteiger partial charge is 0.333 e. The van der Waals surface area contributed by atoms with Gasteiger partial charge in [-0.2, -0.15) is 0 Å². The van der Waals surface area contributed by atoms with Crippen molar-refractivity contribution in [1.29, 1.82) is 0 Å². The van der Waals surface area contributed by atoms with E-state index in [-0.39, 0.29) is 6.61 Å². The number of para-hydroxylation sites is 1. The van der Waals surface area contributed by atoms with Crippen molar-refractivity contribution in [2.45, 2.75) is 26.9 Å². The largest absolute Gasteiger partial charge is 0.456 e. The van der Waals surface area contributed by atoms with Gasteiger partial charge in [-0.05, 0) is 31.5 Å². The molecular formula is C22H22N2O2. The second kappa shape index (κ2) is 7.83. The Balaban J connectivity index is 2.00. The fourth-order valence-electron chi connectivity index (χ4n) is 2.89. The molecule has 0 radical (unpaired) electrons. The molecule has 0 aliphatic rings. The average molecular weight is 346 g/mol. The minimum atomic E-state index is -0.394. The van der Waals surface area contributed by atoms with Crippen molar-refractivity contribution in [3.63, 3.8) is 0 Å². The molecule has 4 nitrogen and oxygen atoms in total. The zero-order valence-electron chi connectivity index (χ0n) is 15.1. The first-order chi connectivity index (χ1) is 12.6. The number of carbonyl (C=O) groups excluding carboxylic acids is 1. The molecule has 0 saturated carbocycles. The summed E-state index contributed by atoms with van der Waals surface area (Å²) < 4.78 is 7.49. The third-order valence-electron chi connectivity index (χ3n) is 4.14. The molecule has 3 rings (SSSR count). The molecule has 1 aromatic heterocycles. The summed E-state index contributed by atoms with van der Waals surface area (Å²) in [5, 5.41) is 0. The fraction of sp³-hybridized carbons (Fsp3) is 0.182. The van der Waals surface area contributed by atoms with Crippen LogP contribution in [-0.2, 0) is 22.6 Å². The number of aromatic nitrogens is 2. The van der Waals surface area contributed by atoms with Crippen LogP contribution in [0.1, 0.15) is 29.7 Å². The Morgan fingerprint density at radius 3 is 2.31 bits per heavy atom. The van der Waals surface area contributed by atoms with Crippen LogP contribution in [0.5, 0.6) is 0 Å². The van der Waals surface area contributed by atoms with Crippen LogP contribution in [0.4, 0.5) is 0 Å². The van der Waals surface area contributed by atoms with Crippen LogP contribution in [0.25, 0.3) is 5.69 Å². The summed E-state index contributed by atoms with van der Waals surface area (Å²) >= 11 is 0. The average Bonchev–Trinajstić information content (AvgIpc) is 2.96. The lowest BCUT2D eigenvalue weighted by Gasteiger charge is -2.12. The lowest BCUT2D eigenvalue weighted by atomic mass is 10.1. The highest BCUT2D eigenvalue weighted by Crippen LogP contribution is 2.22. The maximum absolute atomic E-state index is 11.9. The molecule has 0 aliphatic carbocycles. The van der Waals surface area contributed by atoms with E-state index < -0.39 is 5.97 Å². The predicted octanol–water partition coefficient (Wildman–Crippen LogP) is 4.39. The number of nitrogens with zero attached hydrogens (tertiary/aromatic N) is 2. The molecule has 0 atom stereocenters. The Bertz CT molecular complexity index is 912. The Morgan fingerprint density at radius 2 is 1.69 bits per heavy atom. The fourth-order valence-corrected chi connectivity index (χ4v) is 2.89. The minimum Gasteiger partial charge on any atom is -0.456 e. The Labute approximate surface area is 153 Å². The molecule has 132 valence electrons. The van der Waals surface area contributed by atoms with E-state index >= 15 is 0 Å².